The number of aryl methyl sites for hydroxylation is 2. The summed E-state index contributed by atoms with van der Waals surface area (Å²) in [6.07, 6.45) is -4.66. The molecule has 1 amide bonds. The van der Waals surface area contributed by atoms with E-state index in [9.17, 15) is 18.0 Å². The summed E-state index contributed by atoms with van der Waals surface area (Å²) in [5, 5.41) is 14.3. The molecular formula is C16H15ClF3N7OS. The number of nitrogens with zero attached hydrogens (tertiary/aromatic N) is 5. The van der Waals surface area contributed by atoms with Crippen LogP contribution < -0.4 is 11.2 Å². The van der Waals surface area contributed by atoms with Crippen LogP contribution in [-0.2, 0) is 11.0 Å². The highest BCUT2D eigenvalue weighted by Crippen LogP contribution is 2.38. The zero-order valence-electron chi connectivity index (χ0n) is 15.2. The average molecular weight is 446 g/mol. The number of hydrogen-bond acceptors (Lipinski definition) is 6. The second kappa shape index (κ2) is 7.95. The van der Waals surface area contributed by atoms with Gasteiger partial charge in [0.1, 0.15) is 0 Å². The Morgan fingerprint density at radius 1 is 1.31 bits per heavy atom. The highest BCUT2D eigenvalue weighted by Gasteiger charge is 2.34. The molecule has 0 atom stereocenters. The van der Waals surface area contributed by atoms with Crippen molar-refractivity contribution in [1.29, 1.82) is 0 Å². The van der Waals surface area contributed by atoms with Crippen LogP contribution >= 0.6 is 23.4 Å². The molecule has 0 unspecified atom stereocenters. The minimum atomic E-state index is -4.66. The molecule has 0 radical (unpaired) electrons. The standard InChI is InChI=1S/C16H15ClF3N7OS/c1-8-6-9(2)27(25-8)14-23-24-15(26(14)21)29-7-12(28)22-13-10(16(18,19)20)4-3-5-11(13)17/h3-6H,7,21H2,1-2H3,(H,22,28). The number of halogens is 4. The number of hydrogen-bond donors (Lipinski definition) is 2. The van der Waals surface area contributed by atoms with E-state index in [-0.39, 0.29) is 21.9 Å². The van der Waals surface area contributed by atoms with Gasteiger partial charge >= 0.3 is 6.18 Å². The van der Waals surface area contributed by atoms with Gasteiger partial charge in [0.2, 0.25) is 11.1 Å². The molecule has 3 aromatic rings. The third-order valence-corrected chi connectivity index (χ3v) is 5.02. The smallest absolute Gasteiger partial charge is 0.334 e. The Hall–Kier alpha value is -2.73. The maximum Gasteiger partial charge on any atom is 0.418 e. The monoisotopic (exact) mass is 445 g/mol. The summed E-state index contributed by atoms with van der Waals surface area (Å²) in [6, 6.07) is 5.09. The van der Waals surface area contributed by atoms with Crippen molar-refractivity contribution in [3.05, 3.63) is 46.2 Å². The van der Waals surface area contributed by atoms with E-state index >= 15 is 0 Å². The van der Waals surface area contributed by atoms with Crippen molar-refractivity contribution >= 4 is 35.0 Å². The van der Waals surface area contributed by atoms with E-state index in [1.807, 2.05) is 19.9 Å². The van der Waals surface area contributed by atoms with Gasteiger partial charge in [-0.25, -0.2) is 9.36 Å². The molecule has 2 aromatic heterocycles. The fourth-order valence-electron chi connectivity index (χ4n) is 2.54. The summed E-state index contributed by atoms with van der Waals surface area (Å²) >= 11 is 6.74. The van der Waals surface area contributed by atoms with Crippen molar-refractivity contribution in [3.63, 3.8) is 0 Å². The Bertz CT molecular complexity index is 1060. The normalized spacial score (nSPS) is 11.7. The Morgan fingerprint density at radius 3 is 2.66 bits per heavy atom. The molecule has 0 aliphatic heterocycles. The SMILES string of the molecule is Cc1cc(C)n(-c2nnc(SCC(=O)Nc3c(Cl)cccc3C(F)(F)F)n2N)n1. The molecule has 0 fully saturated rings. The summed E-state index contributed by atoms with van der Waals surface area (Å²) in [7, 11) is 0. The van der Waals surface area contributed by atoms with Gasteiger partial charge in [-0.2, -0.15) is 18.3 Å². The summed E-state index contributed by atoms with van der Waals surface area (Å²) < 4.78 is 42.0. The van der Waals surface area contributed by atoms with Crippen LogP contribution in [0.5, 0.6) is 0 Å². The van der Waals surface area contributed by atoms with Gasteiger partial charge in [0, 0.05) is 5.69 Å². The van der Waals surface area contributed by atoms with Crippen LogP contribution in [0.3, 0.4) is 0 Å². The van der Waals surface area contributed by atoms with Crippen molar-refractivity contribution in [1.82, 2.24) is 24.7 Å². The van der Waals surface area contributed by atoms with Gasteiger partial charge < -0.3 is 11.2 Å². The maximum absolute atomic E-state index is 13.1. The van der Waals surface area contributed by atoms with Crippen molar-refractivity contribution < 1.29 is 18.0 Å². The van der Waals surface area contributed by atoms with Gasteiger partial charge in [-0.1, -0.05) is 29.4 Å². The Labute approximate surface area is 172 Å². The number of carbonyl (C=O) groups excluding carboxylic acids is 1. The lowest BCUT2D eigenvalue weighted by Gasteiger charge is -2.15. The second-order valence-electron chi connectivity index (χ2n) is 5.99. The van der Waals surface area contributed by atoms with Crippen LogP contribution in [0, 0.1) is 13.8 Å². The lowest BCUT2D eigenvalue weighted by molar-refractivity contribution is -0.137. The van der Waals surface area contributed by atoms with E-state index in [1.54, 1.807) is 0 Å². The Morgan fingerprint density at radius 2 is 2.03 bits per heavy atom. The van der Waals surface area contributed by atoms with Crippen LogP contribution in [0.1, 0.15) is 17.0 Å². The molecule has 13 heteroatoms. The first-order valence-electron chi connectivity index (χ1n) is 8.10. The van der Waals surface area contributed by atoms with Crippen molar-refractivity contribution in [2.45, 2.75) is 25.2 Å². The number of anilines is 1. The fourth-order valence-corrected chi connectivity index (χ4v) is 3.41. The number of benzene rings is 1. The number of amides is 1. The van der Waals surface area contributed by atoms with Crippen LogP contribution in [0.15, 0.2) is 29.4 Å². The molecule has 0 spiro atoms. The zero-order chi connectivity index (χ0) is 21.3. The zero-order valence-corrected chi connectivity index (χ0v) is 16.7. The van der Waals surface area contributed by atoms with Gasteiger partial charge in [0.25, 0.3) is 5.95 Å². The van der Waals surface area contributed by atoms with Crippen molar-refractivity contribution in [2.75, 3.05) is 16.9 Å². The Kier molecular flexibility index (Phi) is 5.75. The maximum atomic E-state index is 13.1. The number of carbonyl (C=O) groups is 1. The first-order chi connectivity index (χ1) is 13.6. The first-order valence-corrected chi connectivity index (χ1v) is 9.46. The fraction of sp³-hybridized carbons (Fsp3) is 0.250. The summed E-state index contributed by atoms with van der Waals surface area (Å²) in [5.41, 5.74) is 0.0237. The van der Waals surface area contributed by atoms with Crippen LogP contribution in [0.4, 0.5) is 18.9 Å². The largest absolute Gasteiger partial charge is 0.418 e. The number of alkyl halides is 3. The number of nitrogens with two attached hydrogens (primary N) is 1. The second-order valence-corrected chi connectivity index (χ2v) is 7.34. The van der Waals surface area contributed by atoms with Crippen molar-refractivity contribution in [3.8, 4) is 5.95 Å². The molecule has 1 aromatic carbocycles. The highest BCUT2D eigenvalue weighted by atomic mass is 35.5. The molecule has 0 aliphatic rings. The quantitative estimate of drug-likeness (QED) is 0.461. The molecule has 29 heavy (non-hydrogen) atoms. The third-order valence-electron chi connectivity index (χ3n) is 3.76. The Balaban J connectivity index is 1.72. The third kappa shape index (κ3) is 4.48. The first kappa shape index (κ1) is 21.0. The topological polar surface area (TPSA) is 104 Å². The van der Waals surface area contributed by atoms with E-state index in [4.69, 9.17) is 17.4 Å². The van der Waals surface area contributed by atoms with E-state index < -0.39 is 23.3 Å². The van der Waals surface area contributed by atoms with Gasteiger partial charge in [-0.05, 0) is 32.0 Å². The summed E-state index contributed by atoms with van der Waals surface area (Å²) in [4.78, 5) is 12.2. The minimum Gasteiger partial charge on any atom is -0.334 e. The molecule has 3 N–H and O–H groups in total. The average Bonchev–Trinajstić information content (AvgIpc) is 3.15. The van der Waals surface area contributed by atoms with E-state index in [0.29, 0.717) is 0 Å². The molecule has 0 saturated carbocycles. The van der Waals surface area contributed by atoms with Gasteiger partial charge in [-0.15, -0.1) is 10.2 Å². The van der Waals surface area contributed by atoms with Crippen LogP contribution in [0.25, 0.3) is 5.95 Å². The predicted octanol–water partition coefficient (Wildman–Crippen LogP) is 3.20. The van der Waals surface area contributed by atoms with Crippen LogP contribution in [0.2, 0.25) is 5.02 Å². The summed E-state index contributed by atoms with van der Waals surface area (Å²) in [5.74, 6) is 5.25. The van der Waals surface area contributed by atoms with E-state index in [1.165, 1.54) is 10.7 Å². The van der Waals surface area contributed by atoms with Gasteiger partial charge in [0.05, 0.1) is 27.7 Å². The lowest BCUT2D eigenvalue weighted by Crippen LogP contribution is -2.20. The summed E-state index contributed by atoms with van der Waals surface area (Å²) in [6.45, 7) is 3.63. The highest BCUT2D eigenvalue weighted by molar-refractivity contribution is 7.99. The molecule has 0 saturated heterocycles. The molecule has 2 heterocycles. The number of nitrogens with one attached hydrogen (secondary N) is 1. The number of rotatable bonds is 5. The number of aromatic nitrogens is 5. The van der Waals surface area contributed by atoms with Gasteiger partial charge in [-0.3, -0.25) is 4.79 Å². The number of thioether (sulfide) groups is 1. The van der Waals surface area contributed by atoms with Crippen LogP contribution in [-0.4, -0.2) is 36.3 Å². The molecular weight excluding hydrogens is 431 g/mol. The molecule has 0 aliphatic carbocycles. The lowest BCUT2D eigenvalue weighted by atomic mass is 10.1. The number of nitrogen functional groups attached to an aromatic ring is 1. The number of para-hydroxylation sites is 1. The van der Waals surface area contributed by atoms with Crippen molar-refractivity contribution in [2.24, 2.45) is 0 Å². The molecule has 0 bridgehead atoms. The minimum absolute atomic E-state index is 0.193. The predicted molar refractivity (Wildman–Crippen MR) is 103 cm³/mol. The van der Waals surface area contributed by atoms with E-state index in [0.717, 1.165) is 40.0 Å². The molecule has 3 rings (SSSR count). The molecule has 154 valence electrons. The van der Waals surface area contributed by atoms with Gasteiger partial charge in [0.15, 0.2) is 0 Å². The molecule has 8 nitrogen and oxygen atoms in total. The van der Waals surface area contributed by atoms with E-state index in [2.05, 4.69) is 20.6 Å².